The number of halogens is 2. The topological polar surface area (TPSA) is 121 Å². The number of ether oxygens (including phenoxy) is 1. The Morgan fingerprint density at radius 3 is 2.70 bits per heavy atom. The van der Waals surface area contributed by atoms with Gasteiger partial charge in [-0.1, -0.05) is 24.2 Å². The molecule has 11 heteroatoms. The van der Waals surface area contributed by atoms with E-state index in [9.17, 15) is 19.1 Å². The van der Waals surface area contributed by atoms with Crippen LogP contribution in [0.15, 0.2) is 41.5 Å². The summed E-state index contributed by atoms with van der Waals surface area (Å²) in [7, 11) is 1.57. The van der Waals surface area contributed by atoms with Crippen LogP contribution in [-0.4, -0.2) is 76.7 Å². The Morgan fingerprint density at radius 1 is 1.35 bits per heavy atom. The number of benzene rings is 1. The molecule has 9 nitrogen and oxygen atoms in total. The summed E-state index contributed by atoms with van der Waals surface area (Å²) in [5.74, 6) is -1.81. The van der Waals surface area contributed by atoms with Gasteiger partial charge in [-0.3, -0.25) is 14.6 Å². The average Bonchev–Trinajstić information content (AvgIpc) is 3.02. The van der Waals surface area contributed by atoms with Gasteiger partial charge in [-0.2, -0.15) is 0 Å². The lowest BCUT2D eigenvalue weighted by atomic mass is 9.96. The van der Waals surface area contributed by atoms with E-state index in [1.807, 2.05) is 0 Å². The van der Waals surface area contributed by atoms with Crippen LogP contribution in [0.25, 0.3) is 16.8 Å². The number of rotatable bonds is 4. The van der Waals surface area contributed by atoms with Crippen LogP contribution in [0.3, 0.4) is 0 Å². The number of phenols is 1. The van der Waals surface area contributed by atoms with Crippen LogP contribution in [0.1, 0.15) is 29.9 Å². The number of carbonyl (C=O) groups excluding carboxylic acids is 2. The number of phenolic OH excluding ortho intramolecular Hbond substituents is 1. The number of allylic oxidation sites excluding steroid dienone is 2. The van der Waals surface area contributed by atoms with Crippen molar-refractivity contribution >= 4 is 34.7 Å². The number of nitrogens with two attached hydrogens (primary N) is 1. The fourth-order valence-corrected chi connectivity index (χ4v) is 4.93. The van der Waals surface area contributed by atoms with Gasteiger partial charge >= 0.3 is 0 Å². The fraction of sp³-hybridized carbons (Fsp3) is 0.308. The van der Waals surface area contributed by atoms with Gasteiger partial charge in [0.05, 0.1) is 17.3 Å². The molecule has 1 aromatic heterocycles. The van der Waals surface area contributed by atoms with Crippen molar-refractivity contribution in [1.82, 2.24) is 14.8 Å². The number of amides is 2. The fourth-order valence-electron chi connectivity index (χ4n) is 4.64. The summed E-state index contributed by atoms with van der Waals surface area (Å²) in [5, 5.41) is 10.4. The SMILES string of the molecule is C=CC(=O)N1CCN2C(=O)c3c(C(C(C)=NC)=C(C)N)nc(-c4c(O)cccc4F)c(Cl)c3OC[C@H]2C1. The number of pyridine rings is 1. The number of hydrogen-bond acceptors (Lipinski definition) is 7. The zero-order valence-corrected chi connectivity index (χ0v) is 21.5. The number of aromatic nitrogens is 1. The van der Waals surface area contributed by atoms with Gasteiger partial charge < -0.3 is 25.4 Å². The molecular weight excluding hydrogens is 501 g/mol. The molecule has 1 atom stereocenters. The third-order valence-corrected chi connectivity index (χ3v) is 6.87. The molecule has 4 rings (SSSR count). The first-order valence-corrected chi connectivity index (χ1v) is 11.9. The molecule has 0 aliphatic carbocycles. The number of aliphatic imine (C=N–C) groups is 1. The lowest BCUT2D eigenvalue weighted by Gasteiger charge is -2.39. The van der Waals surface area contributed by atoms with Gasteiger partial charge in [0.25, 0.3) is 5.91 Å². The van der Waals surface area contributed by atoms with E-state index in [1.54, 1.807) is 30.7 Å². The minimum atomic E-state index is -0.757. The van der Waals surface area contributed by atoms with Crippen molar-refractivity contribution in [3.8, 4) is 22.8 Å². The van der Waals surface area contributed by atoms with Crippen molar-refractivity contribution in [2.75, 3.05) is 33.3 Å². The normalized spacial score (nSPS) is 18.4. The number of aromatic hydroxyl groups is 1. The van der Waals surface area contributed by atoms with Gasteiger partial charge in [-0.15, -0.1) is 0 Å². The lowest BCUT2D eigenvalue weighted by molar-refractivity contribution is -0.128. The second-order valence-corrected chi connectivity index (χ2v) is 9.16. The molecule has 2 aliphatic heterocycles. The molecule has 3 heterocycles. The zero-order valence-electron chi connectivity index (χ0n) is 20.7. The minimum absolute atomic E-state index is 0.00651. The van der Waals surface area contributed by atoms with E-state index < -0.39 is 17.8 Å². The molecule has 0 radical (unpaired) electrons. The molecule has 0 unspecified atom stereocenters. The van der Waals surface area contributed by atoms with E-state index in [0.29, 0.717) is 23.5 Å². The molecule has 0 spiro atoms. The lowest BCUT2D eigenvalue weighted by Crippen LogP contribution is -2.57. The molecule has 1 aromatic carbocycles. The standard InChI is InChI=1S/C26H27ClFN5O4/c1-5-18(35)32-9-10-33-15(11-32)12-37-25-21(26(33)36)23(19(13(2)29)14(3)30-4)31-24(22(25)27)20-16(28)7-6-8-17(20)34/h5-8,15,34H,1,9-12,29H2,2-4H3/t15-/m1/s1. The molecule has 3 N–H and O–H groups in total. The highest BCUT2D eigenvalue weighted by Crippen LogP contribution is 2.45. The van der Waals surface area contributed by atoms with E-state index in [2.05, 4.69) is 16.6 Å². The van der Waals surface area contributed by atoms with Crippen molar-refractivity contribution in [3.05, 3.63) is 58.6 Å². The molecule has 0 saturated carbocycles. The second-order valence-electron chi connectivity index (χ2n) is 8.78. The maximum atomic E-state index is 14.9. The quantitative estimate of drug-likeness (QED) is 0.465. The molecule has 1 saturated heterocycles. The maximum absolute atomic E-state index is 14.9. The first-order chi connectivity index (χ1) is 17.6. The molecule has 0 bridgehead atoms. The third kappa shape index (κ3) is 4.53. The largest absolute Gasteiger partial charge is 0.507 e. The van der Waals surface area contributed by atoms with E-state index in [1.165, 1.54) is 24.3 Å². The maximum Gasteiger partial charge on any atom is 0.260 e. The van der Waals surface area contributed by atoms with Gasteiger partial charge in [-0.05, 0) is 32.1 Å². The number of nitrogens with zero attached hydrogens (tertiary/aromatic N) is 4. The summed E-state index contributed by atoms with van der Waals surface area (Å²) in [6.45, 7) is 7.70. The Labute approximate surface area is 218 Å². The van der Waals surface area contributed by atoms with Crippen molar-refractivity contribution in [2.24, 2.45) is 10.7 Å². The predicted molar refractivity (Wildman–Crippen MR) is 139 cm³/mol. The Bertz CT molecular complexity index is 1350. The highest BCUT2D eigenvalue weighted by atomic mass is 35.5. The van der Waals surface area contributed by atoms with Crippen LogP contribution in [0.4, 0.5) is 4.39 Å². The molecule has 2 aliphatic rings. The van der Waals surface area contributed by atoms with Crippen LogP contribution in [0.5, 0.6) is 11.5 Å². The highest BCUT2D eigenvalue weighted by molar-refractivity contribution is 6.36. The summed E-state index contributed by atoms with van der Waals surface area (Å²) >= 11 is 6.72. The van der Waals surface area contributed by atoms with Crippen molar-refractivity contribution < 1.29 is 23.8 Å². The smallest absolute Gasteiger partial charge is 0.260 e. The number of fused-ring (bicyclic) bond motifs is 2. The summed E-state index contributed by atoms with van der Waals surface area (Å²) in [4.78, 5) is 38.2. The summed E-state index contributed by atoms with van der Waals surface area (Å²) in [5.41, 5.74) is 7.21. The molecule has 37 heavy (non-hydrogen) atoms. The monoisotopic (exact) mass is 527 g/mol. The minimum Gasteiger partial charge on any atom is -0.507 e. The van der Waals surface area contributed by atoms with E-state index in [0.717, 1.165) is 0 Å². The van der Waals surface area contributed by atoms with Crippen LogP contribution in [0.2, 0.25) is 5.02 Å². The van der Waals surface area contributed by atoms with E-state index >= 15 is 0 Å². The number of hydrogen-bond donors (Lipinski definition) is 2. The Kier molecular flexibility index (Phi) is 7.22. The molecular formula is C26H27ClFN5O4. The first-order valence-electron chi connectivity index (χ1n) is 11.6. The molecule has 2 amide bonds. The van der Waals surface area contributed by atoms with Crippen LogP contribution >= 0.6 is 11.6 Å². The van der Waals surface area contributed by atoms with E-state index in [-0.39, 0.29) is 64.6 Å². The van der Waals surface area contributed by atoms with Gasteiger partial charge in [-0.25, -0.2) is 9.37 Å². The third-order valence-electron chi connectivity index (χ3n) is 6.52. The van der Waals surface area contributed by atoms with Crippen molar-refractivity contribution in [1.29, 1.82) is 0 Å². The molecule has 194 valence electrons. The predicted octanol–water partition coefficient (Wildman–Crippen LogP) is 3.26. The van der Waals surface area contributed by atoms with Gasteiger partial charge in [0.15, 0.2) is 5.75 Å². The van der Waals surface area contributed by atoms with Gasteiger partial charge in [0.1, 0.15) is 34.5 Å². The first kappa shape index (κ1) is 26.2. The Morgan fingerprint density at radius 2 is 2.08 bits per heavy atom. The Hall–Kier alpha value is -3.92. The van der Waals surface area contributed by atoms with Crippen LogP contribution < -0.4 is 10.5 Å². The van der Waals surface area contributed by atoms with Gasteiger partial charge in [0.2, 0.25) is 5.91 Å². The van der Waals surface area contributed by atoms with E-state index in [4.69, 9.17) is 22.1 Å². The molecule has 1 fully saturated rings. The summed E-state index contributed by atoms with van der Waals surface area (Å²) < 4.78 is 21.0. The number of piperazine rings is 1. The van der Waals surface area contributed by atoms with Crippen LogP contribution in [0, 0.1) is 5.82 Å². The van der Waals surface area contributed by atoms with Crippen molar-refractivity contribution in [2.45, 2.75) is 19.9 Å². The van der Waals surface area contributed by atoms with Crippen LogP contribution in [-0.2, 0) is 4.79 Å². The van der Waals surface area contributed by atoms with Crippen molar-refractivity contribution in [3.63, 3.8) is 0 Å². The number of carbonyl (C=O) groups is 2. The summed E-state index contributed by atoms with van der Waals surface area (Å²) in [6.07, 6.45) is 1.23. The zero-order chi connectivity index (χ0) is 27.0. The highest BCUT2D eigenvalue weighted by Gasteiger charge is 2.40. The Balaban J connectivity index is 1.99. The van der Waals surface area contributed by atoms with Gasteiger partial charge in [0, 0.05) is 43.7 Å². The molecule has 2 aromatic rings. The second kappa shape index (κ2) is 10.2. The average molecular weight is 528 g/mol. The summed E-state index contributed by atoms with van der Waals surface area (Å²) in [6, 6.07) is 3.35.